The minimum Gasteiger partial charge on any atom is -0.467 e. The van der Waals surface area contributed by atoms with Gasteiger partial charge in [-0.05, 0) is 6.07 Å². The van der Waals surface area contributed by atoms with Crippen LogP contribution >= 0.6 is 0 Å². The number of methoxy groups -OCH3 is 1. The summed E-state index contributed by atoms with van der Waals surface area (Å²) in [6, 6.07) is 2.09. The molecule has 0 aromatic carbocycles. The van der Waals surface area contributed by atoms with E-state index in [1.807, 2.05) is 0 Å². The molecule has 1 heterocycles. The zero-order valence-corrected chi connectivity index (χ0v) is 6.32. The maximum Gasteiger partial charge on any atom is 0.316 e. The number of rotatable bonds is 3. The Balaban J connectivity index is 2.74. The normalized spacial score (nSPS) is 9.64. The largest absolute Gasteiger partial charge is 0.467 e. The summed E-state index contributed by atoms with van der Waals surface area (Å²) < 4.78 is 4.80. The minimum absolute atomic E-state index is 0.0974. The lowest BCUT2D eigenvalue weighted by Crippen LogP contribution is -1.98. The lowest BCUT2D eigenvalue weighted by Gasteiger charge is -1.98. The Morgan fingerprint density at radius 2 is 2.45 bits per heavy atom. The highest BCUT2D eigenvalue weighted by atomic mass is 16.5. The Kier molecular flexibility index (Phi) is 2.80. The van der Waals surface area contributed by atoms with Crippen LogP contribution in [-0.4, -0.2) is 28.8 Å². The molecule has 0 bridgehead atoms. The summed E-state index contributed by atoms with van der Waals surface area (Å²) in [6.07, 6.45) is 2.15. The van der Waals surface area contributed by atoms with Gasteiger partial charge in [0.15, 0.2) is 0 Å². The van der Waals surface area contributed by atoms with Gasteiger partial charge in [0.25, 0.3) is 0 Å². The Bertz CT molecular complexity index is 227. The molecule has 1 aromatic heterocycles. The van der Waals surface area contributed by atoms with E-state index in [-0.39, 0.29) is 6.61 Å². The van der Waals surface area contributed by atoms with E-state index in [4.69, 9.17) is 9.84 Å². The van der Waals surface area contributed by atoms with Crippen molar-refractivity contribution in [2.45, 2.75) is 6.42 Å². The standard InChI is InChI=1S/C7H10N2O2/c1-11-7-8-4-2-6(9-7)3-5-10/h2,4,10H,3,5H2,1H3. The molecule has 0 saturated carbocycles. The fraction of sp³-hybridized carbons (Fsp3) is 0.429. The molecule has 0 amide bonds. The molecule has 0 aliphatic rings. The number of hydrogen-bond acceptors (Lipinski definition) is 4. The first-order valence-corrected chi connectivity index (χ1v) is 3.33. The Morgan fingerprint density at radius 1 is 1.64 bits per heavy atom. The van der Waals surface area contributed by atoms with Gasteiger partial charge >= 0.3 is 6.01 Å². The summed E-state index contributed by atoms with van der Waals surface area (Å²) in [6.45, 7) is 0.0974. The van der Waals surface area contributed by atoms with Crippen molar-refractivity contribution in [2.75, 3.05) is 13.7 Å². The maximum atomic E-state index is 8.58. The molecule has 11 heavy (non-hydrogen) atoms. The molecule has 4 heteroatoms. The van der Waals surface area contributed by atoms with E-state index < -0.39 is 0 Å². The molecule has 0 aliphatic heterocycles. The van der Waals surface area contributed by atoms with E-state index in [1.165, 1.54) is 7.11 Å². The van der Waals surface area contributed by atoms with Crippen molar-refractivity contribution in [1.82, 2.24) is 9.97 Å². The molecule has 0 fully saturated rings. The average Bonchev–Trinajstić information content (AvgIpc) is 2.06. The van der Waals surface area contributed by atoms with Crippen molar-refractivity contribution < 1.29 is 9.84 Å². The fourth-order valence-electron chi connectivity index (χ4n) is 0.728. The van der Waals surface area contributed by atoms with E-state index in [9.17, 15) is 0 Å². The molecule has 0 unspecified atom stereocenters. The van der Waals surface area contributed by atoms with Crippen molar-refractivity contribution in [2.24, 2.45) is 0 Å². The second-order valence-electron chi connectivity index (χ2n) is 2.01. The highest BCUT2D eigenvalue weighted by Crippen LogP contribution is 2.01. The van der Waals surface area contributed by atoms with Crippen LogP contribution in [0.3, 0.4) is 0 Å². The monoisotopic (exact) mass is 154 g/mol. The molecule has 1 N–H and O–H groups in total. The lowest BCUT2D eigenvalue weighted by molar-refractivity contribution is 0.297. The van der Waals surface area contributed by atoms with Crippen molar-refractivity contribution >= 4 is 0 Å². The zero-order valence-electron chi connectivity index (χ0n) is 6.32. The molecule has 1 rings (SSSR count). The maximum absolute atomic E-state index is 8.58. The summed E-state index contributed by atoms with van der Waals surface area (Å²) in [5.74, 6) is 0. The summed E-state index contributed by atoms with van der Waals surface area (Å²) in [5, 5.41) is 8.58. The summed E-state index contributed by atoms with van der Waals surface area (Å²) in [4.78, 5) is 7.81. The van der Waals surface area contributed by atoms with Crippen LogP contribution in [0.1, 0.15) is 5.69 Å². The van der Waals surface area contributed by atoms with Gasteiger partial charge in [-0.2, -0.15) is 0 Å². The quantitative estimate of drug-likeness (QED) is 0.666. The predicted molar refractivity (Wildman–Crippen MR) is 39.4 cm³/mol. The molecule has 4 nitrogen and oxygen atoms in total. The third kappa shape index (κ3) is 2.16. The number of hydrogen-bond donors (Lipinski definition) is 1. The van der Waals surface area contributed by atoms with Gasteiger partial charge < -0.3 is 9.84 Å². The van der Waals surface area contributed by atoms with Gasteiger partial charge in [-0.3, -0.25) is 0 Å². The SMILES string of the molecule is COc1nccc(CCO)n1. The van der Waals surface area contributed by atoms with Crippen molar-refractivity contribution in [3.8, 4) is 6.01 Å². The van der Waals surface area contributed by atoms with E-state index >= 15 is 0 Å². The fourth-order valence-corrected chi connectivity index (χ4v) is 0.728. The van der Waals surface area contributed by atoms with Crippen LogP contribution in [0.25, 0.3) is 0 Å². The Labute approximate surface area is 64.9 Å². The first-order valence-electron chi connectivity index (χ1n) is 3.33. The van der Waals surface area contributed by atoms with Crippen molar-refractivity contribution in [3.05, 3.63) is 18.0 Å². The van der Waals surface area contributed by atoms with E-state index in [2.05, 4.69) is 9.97 Å². The first-order chi connectivity index (χ1) is 5.36. The van der Waals surface area contributed by atoms with Crippen LogP contribution in [0.4, 0.5) is 0 Å². The molecule has 0 saturated heterocycles. The smallest absolute Gasteiger partial charge is 0.316 e. The Morgan fingerprint density at radius 3 is 3.09 bits per heavy atom. The van der Waals surface area contributed by atoms with Gasteiger partial charge in [0.1, 0.15) is 0 Å². The average molecular weight is 154 g/mol. The molecular formula is C7H10N2O2. The molecular weight excluding hydrogens is 144 g/mol. The summed E-state index contributed by atoms with van der Waals surface area (Å²) in [5.41, 5.74) is 0.791. The van der Waals surface area contributed by atoms with E-state index in [1.54, 1.807) is 12.3 Å². The van der Waals surface area contributed by atoms with Gasteiger partial charge in [-0.1, -0.05) is 0 Å². The zero-order chi connectivity index (χ0) is 8.10. The topological polar surface area (TPSA) is 55.2 Å². The first kappa shape index (κ1) is 7.94. The molecule has 1 aromatic rings. The second kappa shape index (κ2) is 3.88. The van der Waals surface area contributed by atoms with Crippen LogP contribution in [0.2, 0.25) is 0 Å². The van der Waals surface area contributed by atoms with Gasteiger partial charge in [0.05, 0.1) is 7.11 Å². The van der Waals surface area contributed by atoms with Crippen molar-refractivity contribution in [1.29, 1.82) is 0 Å². The van der Waals surface area contributed by atoms with Crippen LogP contribution in [0.15, 0.2) is 12.3 Å². The molecule has 0 radical (unpaired) electrons. The van der Waals surface area contributed by atoms with E-state index in [0.29, 0.717) is 12.4 Å². The van der Waals surface area contributed by atoms with Gasteiger partial charge in [-0.25, -0.2) is 9.97 Å². The third-order valence-electron chi connectivity index (χ3n) is 1.24. The molecule has 0 aliphatic carbocycles. The molecule has 0 atom stereocenters. The molecule has 0 spiro atoms. The number of aromatic nitrogens is 2. The van der Waals surface area contributed by atoms with Crippen LogP contribution in [-0.2, 0) is 6.42 Å². The van der Waals surface area contributed by atoms with Crippen LogP contribution < -0.4 is 4.74 Å². The van der Waals surface area contributed by atoms with Crippen LogP contribution in [0.5, 0.6) is 6.01 Å². The van der Waals surface area contributed by atoms with Gasteiger partial charge in [0.2, 0.25) is 0 Å². The van der Waals surface area contributed by atoms with E-state index in [0.717, 1.165) is 5.69 Å². The second-order valence-corrected chi connectivity index (χ2v) is 2.01. The number of aliphatic hydroxyl groups excluding tert-OH is 1. The Hall–Kier alpha value is -1.16. The lowest BCUT2D eigenvalue weighted by atomic mass is 10.3. The third-order valence-corrected chi connectivity index (χ3v) is 1.24. The molecule has 60 valence electrons. The van der Waals surface area contributed by atoms with Crippen molar-refractivity contribution in [3.63, 3.8) is 0 Å². The van der Waals surface area contributed by atoms with Gasteiger partial charge in [-0.15, -0.1) is 0 Å². The predicted octanol–water partition coefficient (Wildman–Crippen LogP) is 0.0200. The number of nitrogens with zero attached hydrogens (tertiary/aromatic N) is 2. The highest BCUT2D eigenvalue weighted by molar-refractivity contribution is 5.05. The highest BCUT2D eigenvalue weighted by Gasteiger charge is 1.96. The van der Waals surface area contributed by atoms with Gasteiger partial charge in [0, 0.05) is 24.9 Å². The number of aliphatic hydroxyl groups is 1. The summed E-state index contributed by atoms with van der Waals surface area (Å²) >= 11 is 0. The summed E-state index contributed by atoms with van der Waals surface area (Å²) in [7, 11) is 1.51. The minimum atomic E-state index is 0.0974. The van der Waals surface area contributed by atoms with Crippen LogP contribution in [0, 0.1) is 0 Å². The number of ether oxygens (including phenoxy) is 1.